The zero-order valence-corrected chi connectivity index (χ0v) is 16.5. The Balaban J connectivity index is 1.69. The lowest BCUT2D eigenvalue weighted by Crippen LogP contribution is -2.23. The van der Waals surface area contributed by atoms with Crippen LogP contribution in [0.25, 0.3) is 11.8 Å². The lowest BCUT2D eigenvalue weighted by molar-refractivity contribution is -0.125. The van der Waals surface area contributed by atoms with E-state index in [9.17, 15) is 13.6 Å². The summed E-state index contributed by atoms with van der Waals surface area (Å²) in [5, 5.41) is 4.31. The van der Waals surface area contributed by atoms with Crippen molar-refractivity contribution in [3.63, 3.8) is 0 Å². The summed E-state index contributed by atoms with van der Waals surface area (Å²) in [6, 6.07) is 14.3. The van der Waals surface area contributed by atoms with E-state index in [-0.39, 0.29) is 17.4 Å². The molecule has 3 rings (SSSR count). The van der Waals surface area contributed by atoms with Gasteiger partial charge in [0.15, 0.2) is 11.5 Å². The normalized spacial score (nSPS) is 11.1. The Morgan fingerprint density at radius 3 is 2.67 bits per heavy atom. The minimum atomic E-state index is -3.01. The second-order valence-corrected chi connectivity index (χ2v) is 6.41. The van der Waals surface area contributed by atoms with Crippen molar-refractivity contribution in [2.75, 3.05) is 14.2 Å². The molecule has 0 N–H and O–H groups in total. The monoisotopic (exact) mass is 413 g/mol. The second kappa shape index (κ2) is 9.69. The SMILES string of the molecule is COc1cccc(/C=C/C(=O)N(C)Cc2cnn(-c3ccccc3)c2)c1OC(F)F. The van der Waals surface area contributed by atoms with E-state index in [2.05, 4.69) is 9.84 Å². The average Bonchev–Trinajstić information content (AvgIpc) is 3.21. The molecule has 0 spiro atoms. The van der Waals surface area contributed by atoms with Gasteiger partial charge in [-0.3, -0.25) is 4.79 Å². The number of aromatic nitrogens is 2. The smallest absolute Gasteiger partial charge is 0.387 e. The molecule has 0 bridgehead atoms. The van der Waals surface area contributed by atoms with Crippen molar-refractivity contribution in [1.82, 2.24) is 14.7 Å². The number of halogens is 2. The third-order valence-corrected chi connectivity index (χ3v) is 4.29. The van der Waals surface area contributed by atoms with Crippen LogP contribution < -0.4 is 9.47 Å². The molecule has 0 aliphatic heterocycles. The van der Waals surface area contributed by atoms with E-state index >= 15 is 0 Å². The third-order valence-electron chi connectivity index (χ3n) is 4.29. The number of ether oxygens (including phenoxy) is 2. The Morgan fingerprint density at radius 1 is 1.20 bits per heavy atom. The molecule has 0 unspecified atom stereocenters. The number of methoxy groups -OCH3 is 1. The molecule has 6 nitrogen and oxygen atoms in total. The van der Waals surface area contributed by atoms with Gasteiger partial charge in [0, 0.05) is 37.0 Å². The topological polar surface area (TPSA) is 56.6 Å². The molecular weight excluding hydrogens is 392 g/mol. The molecule has 1 amide bonds. The van der Waals surface area contributed by atoms with Crippen LogP contribution in [0.15, 0.2) is 67.0 Å². The molecule has 1 heterocycles. The van der Waals surface area contributed by atoms with Gasteiger partial charge >= 0.3 is 6.61 Å². The van der Waals surface area contributed by atoms with Gasteiger partial charge < -0.3 is 14.4 Å². The number of carbonyl (C=O) groups is 1. The summed E-state index contributed by atoms with van der Waals surface area (Å²) >= 11 is 0. The van der Waals surface area contributed by atoms with Gasteiger partial charge in [0.2, 0.25) is 5.91 Å². The molecule has 0 saturated carbocycles. The summed E-state index contributed by atoms with van der Waals surface area (Å²) in [4.78, 5) is 14.0. The lowest BCUT2D eigenvalue weighted by atomic mass is 10.1. The first-order chi connectivity index (χ1) is 14.5. The number of hydrogen-bond acceptors (Lipinski definition) is 4. The summed E-state index contributed by atoms with van der Waals surface area (Å²) in [6.07, 6.45) is 6.26. The molecule has 2 aromatic carbocycles. The van der Waals surface area contributed by atoms with Gasteiger partial charge in [0.25, 0.3) is 0 Å². The maximum atomic E-state index is 12.7. The highest BCUT2D eigenvalue weighted by Crippen LogP contribution is 2.33. The Labute approximate surface area is 172 Å². The Kier molecular flexibility index (Phi) is 6.79. The molecule has 0 saturated heterocycles. The standard InChI is InChI=1S/C22H21F2N3O3/c1-26(14-16-13-25-27(15-16)18-8-4-3-5-9-18)20(28)12-11-17-7-6-10-19(29-2)21(17)30-22(23)24/h3-13,15,22H,14H2,1-2H3/b12-11+. The lowest BCUT2D eigenvalue weighted by Gasteiger charge is -2.14. The molecule has 3 aromatic rings. The van der Waals surface area contributed by atoms with Gasteiger partial charge in [-0.2, -0.15) is 13.9 Å². The van der Waals surface area contributed by atoms with Gasteiger partial charge in [-0.25, -0.2) is 4.68 Å². The van der Waals surface area contributed by atoms with E-state index < -0.39 is 6.61 Å². The quantitative estimate of drug-likeness (QED) is 0.521. The summed E-state index contributed by atoms with van der Waals surface area (Å²) in [6.45, 7) is -2.66. The predicted octanol–water partition coefficient (Wildman–Crippen LogP) is 4.15. The number of alkyl halides is 2. The fraction of sp³-hybridized carbons (Fsp3) is 0.182. The first-order valence-electron chi connectivity index (χ1n) is 9.12. The molecule has 0 atom stereocenters. The van der Waals surface area contributed by atoms with Crippen LogP contribution in [0.2, 0.25) is 0 Å². The number of rotatable bonds is 8. The zero-order chi connectivity index (χ0) is 21.5. The number of carbonyl (C=O) groups excluding carboxylic acids is 1. The zero-order valence-electron chi connectivity index (χ0n) is 16.5. The van der Waals surface area contributed by atoms with Crippen molar-refractivity contribution >= 4 is 12.0 Å². The summed E-state index contributed by atoms with van der Waals surface area (Å²) < 4.78 is 36.8. The van der Waals surface area contributed by atoms with E-state index in [1.54, 1.807) is 30.1 Å². The molecular formula is C22H21F2N3O3. The highest BCUT2D eigenvalue weighted by Gasteiger charge is 2.14. The first-order valence-corrected chi connectivity index (χ1v) is 9.12. The van der Waals surface area contributed by atoms with E-state index in [0.29, 0.717) is 12.1 Å². The fourth-order valence-corrected chi connectivity index (χ4v) is 2.84. The minimum absolute atomic E-state index is 0.120. The predicted molar refractivity (Wildman–Crippen MR) is 109 cm³/mol. The largest absolute Gasteiger partial charge is 0.493 e. The Morgan fingerprint density at radius 2 is 1.97 bits per heavy atom. The average molecular weight is 413 g/mol. The van der Waals surface area contributed by atoms with Crippen LogP contribution in [-0.4, -0.2) is 41.4 Å². The van der Waals surface area contributed by atoms with Crippen LogP contribution in [0.3, 0.4) is 0 Å². The van der Waals surface area contributed by atoms with Gasteiger partial charge in [0.1, 0.15) is 0 Å². The van der Waals surface area contributed by atoms with E-state index in [4.69, 9.17) is 4.74 Å². The van der Waals surface area contributed by atoms with Crippen LogP contribution in [0.1, 0.15) is 11.1 Å². The second-order valence-electron chi connectivity index (χ2n) is 6.41. The summed E-state index contributed by atoms with van der Waals surface area (Å²) in [5.41, 5.74) is 2.08. The van der Waals surface area contributed by atoms with Crippen LogP contribution in [0.5, 0.6) is 11.5 Å². The van der Waals surface area contributed by atoms with Gasteiger partial charge in [-0.05, 0) is 24.3 Å². The molecule has 1 aromatic heterocycles. The molecule has 0 radical (unpaired) electrons. The number of nitrogens with zero attached hydrogens (tertiary/aromatic N) is 3. The highest BCUT2D eigenvalue weighted by atomic mass is 19.3. The highest BCUT2D eigenvalue weighted by molar-refractivity contribution is 5.92. The summed E-state index contributed by atoms with van der Waals surface area (Å²) in [5.74, 6) is -0.259. The maximum absolute atomic E-state index is 12.7. The van der Waals surface area contributed by atoms with E-state index in [0.717, 1.165) is 11.3 Å². The molecule has 0 aliphatic rings. The van der Waals surface area contributed by atoms with Crippen molar-refractivity contribution in [3.05, 3.63) is 78.1 Å². The van der Waals surface area contributed by atoms with Crippen molar-refractivity contribution in [1.29, 1.82) is 0 Å². The van der Waals surface area contributed by atoms with Crippen molar-refractivity contribution in [3.8, 4) is 17.2 Å². The fourth-order valence-electron chi connectivity index (χ4n) is 2.84. The first kappa shape index (κ1) is 21.0. The number of amides is 1. The number of benzene rings is 2. The number of likely N-dealkylation sites (N-methyl/N-ethyl adjacent to an activating group) is 1. The third kappa shape index (κ3) is 5.22. The van der Waals surface area contributed by atoms with Gasteiger partial charge in [0.05, 0.1) is 19.0 Å². The number of para-hydroxylation sites is 2. The summed E-state index contributed by atoms with van der Waals surface area (Å²) in [7, 11) is 3.00. The molecule has 30 heavy (non-hydrogen) atoms. The van der Waals surface area contributed by atoms with Gasteiger partial charge in [-0.15, -0.1) is 0 Å². The van der Waals surface area contributed by atoms with Crippen molar-refractivity contribution in [2.24, 2.45) is 0 Å². The van der Waals surface area contributed by atoms with Crippen molar-refractivity contribution < 1.29 is 23.0 Å². The van der Waals surface area contributed by atoms with E-state index in [1.807, 2.05) is 36.5 Å². The maximum Gasteiger partial charge on any atom is 0.387 e. The Hall–Kier alpha value is -3.68. The molecule has 0 aliphatic carbocycles. The molecule has 0 fully saturated rings. The molecule has 8 heteroatoms. The number of hydrogen-bond donors (Lipinski definition) is 0. The van der Waals surface area contributed by atoms with Crippen LogP contribution in [0.4, 0.5) is 8.78 Å². The Bertz CT molecular complexity index is 1020. The van der Waals surface area contributed by atoms with E-state index in [1.165, 1.54) is 30.2 Å². The van der Waals surface area contributed by atoms with Crippen LogP contribution in [-0.2, 0) is 11.3 Å². The van der Waals surface area contributed by atoms with Crippen molar-refractivity contribution in [2.45, 2.75) is 13.2 Å². The van der Waals surface area contributed by atoms with Gasteiger partial charge in [-0.1, -0.05) is 30.3 Å². The molecule has 156 valence electrons. The van der Waals surface area contributed by atoms with Crippen LogP contribution in [0, 0.1) is 0 Å². The minimum Gasteiger partial charge on any atom is -0.493 e. The van der Waals surface area contributed by atoms with Crippen LogP contribution >= 0.6 is 0 Å².